The van der Waals surface area contributed by atoms with Crippen molar-refractivity contribution in [3.8, 4) is 0 Å². The first-order valence-electron chi connectivity index (χ1n) is 5.23. The Balaban J connectivity index is 2.78. The van der Waals surface area contributed by atoms with Crippen molar-refractivity contribution in [2.24, 2.45) is 0 Å². The maximum absolute atomic E-state index is 12.7. The van der Waals surface area contributed by atoms with Crippen LogP contribution in [0.2, 0.25) is 0 Å². The summed E-state index contributed by atoms with van der Waals surface area (Å²) in [5.41, 5.74) is 0.494. The number of likely N-dealkylation sites (N-methyl/N-ethyl adjacent to an activating group) is 1. The molecular weight excluding hydrogens is 245 g/mol. The topological polar surface area (TPSA) is 57.6 Å². The first-order chi connectivity index (χ1) is 7.84. The second-order valence-electron chi connectivity index (χ2n) is 3.78. The molecule has 0 aliphatic rings. The third-order valence-corrected chi connectivity index (χ3v) is 3.80. The van der Waals surface area contributed by atoms with Crippen molar-refractivity contribution >= 4 is 10.0 Å². The minimum atomic E-state index is -3.33. The molecule has 0 aliphatic carbocycles. The van der Waals surface area contributed by atoms with E-state index in [-0.39, 0.29) is 13.1 Å². The Morgan fingerprint density at radius 2 is 1.88 bits per heavy atom. The Bertz CT molecular complexity index is 458. The van der Waals surface area contributed by atoms with Gasteiger partial charge in [0.2, 0.25) is 10.0 Å². The summed E-state index contributed by atoms with van der Waals surface area (Å²) in [7, 11) is -3.33. The standard InChI is InChI=1S/C11H16FNO3S/c1-3-13(17(2,15)16)8-11(14)9-4-6-10(12)7-5-9/h4-7,11,14H,3,8H2,1-2H3. The summed E-state index contributed by atoms with van der Waals surface area (Å²) < 4.78 is 36.5. The molecule has 0 saturated carbocycles. The Morgan fingerprint density at radius 3 is 2.29 bits per heavy atom. The zero-order valence-electron chi connectivity index (χ0n) is 9.80. The molecule has 1 rings (SSSR count). The van der Waals surface area contributed by atoms with E-state index >= 15 is 0 Å². The monoisotopic (exact) mass is 261 g/mol. The molecule has 0 fully saturated rings. The van der Waals surface area contributed by atoms with Gasteiger partial charge in [0, 0.05) is 13.1 Å². The van der Waals surface area contributed by atoms with Gasteiger partial charge in [0.1, 0.15) is 5.82 Å². The lowest BCUT2D eigenvalue weighted by molar-refractivity contribution is 0.149. The summed E-state index contributed by atoms with van der Waals surface area (Å²) in [6, 6.07) is 5.34. The molecule has 1 N–H and O–H groups in total. The van der Waals surface area contributed by atoms with Crippen molar-refractivity contribution < 1.29 is 17.9 Å². The minimum Gasteiger partial charge on any atom is -0.387 e. The zero-order valence-corrected chi connectivity index (χ0v) is 10.6. The van der Waals surface area contributed by atoms with E-state index in [2.05, 4.69) is 0 Å². The Hall–Kier alpha value is -0.980. The third kappa shape index (κ3) is 4.07. The molecule has 96 valence electrons. The SMILES string of the molecule is CCN(CC(O)c1ccc(F)cc1)S(C)(=O)=O. The molecule has 0 bridgehead atoms. The van der Waals surface area contributed by atoms with Gasteiger partial charge < -0.3 is 5.11 Å². The van der Waals surface area contributed by atoms with Crippen molar-refractivity contribution in [3.63, 3.8) is 0 Å². The smallest absolute Gasteiger partial charge is 0.211 e. The molecular formula is C11H16FNO3S. The fourth-order valence-electron chi connectivity index (χ4n) is 1.48. The van der Waals surface area contributed by atoms with Crippen molar-refractivity contribution in [1.29, 1.82) is 0 Å². The first kappa shape index (κ1) is 14.1. The van der Waals surface area contributed by atoms with Gasteiger partial charge in [-0.2, -0.15) is 4.31 Å². The van der Waals surface area contributed by atoms with Crippen LogP contribution in [0.15, 0.2) is 24.3 Å². The first-order valence-corrected chi connectivity index (χ1v) is 7.08. The van der Waals surface area contributed by atoms with Crippen LogP contribution < -0.4 is 0 Å². The Morgan fingerprint density at radius 1 is 1.35 bits per heavy atom. The summed E-state index contributed by atoms with van der Waals surface area (Å²) in [6.45, 7) is 1.95. The zero-order chi connectivity index (χ0) is 13.1. The van der Waals surface area contributed by atoms with Crippen LogP contribution >= 0.6 is 0 Å². The van der Waals surface area contributed by atoms with E-state index < -0.39 is 21.9 Å². The van der Waals surface area contributed by atoms with Gasteiger partial charge in [0.15, 0.2) is 0 Å². The average Bonchev–Trinajstić information content (AvgIpc) is 2.24. The second-order valence-corrected chi connectivity index (χ2v) is 5.76. The van der Waals surface area contributed by atoms with Crippen molar-refractivity contribution in [2.75, 3.05) is 19.3 Å². The molecule has 0 radical (unpaired) electrons. The number of hydrogen-bond acceptors (Lipinski definition) is 3. The highest BCUT2D eigenvalue weighted by atomic mass is 32.2. The lowest BCUT2D eigenvalue weighted by Crippen LogP contribution is -2.33. The van der Waals surface area contributed by atoms with Gasteiger partial charge in [-0.05, 0) is 17.7 Å². The molecule has 4 nitrogen and oxygen atoms in total. The van der Waals surface area contributed by atoms with Crippen molar-refractivity contribution in [2.45, 2.75) is 13.0 Å². The van der Waals surface area contributed by atoms with Gasteiger partial charge in [-0.25, -0.2) is 12.8 Å². The van der Waals surface area contributed by atoms with Crippen LogP contribution in [0.1, 0.15) is 18.6 Å². The molecule has 0 spiro atoms. The van der Waals surface area contributed by atoms with Gasteiger partial charge in [0.05, 0.1) is 12.4 Å². The molecule has 17 heavy (non-hydrogen) atoms. The van der Waals surface area contributed by atoms with E-state index in [1.807, 2.05) is 0 Å². The molecule has 1 aromatic carbocycles. The van der Waals surface area contributed by atoms with E-state index in [0.717, 1.165) is 6.26 Å². The van der Waals surface area contributed by atoms with Gasteiger partial charge >= 0.3 is 0 Å². The number of hydrogen-bond donors (Lipinski definition) is 1. The van der Waals surface area contributed by atoms with Gasteiger partial charge in [-0.15, -0.1) is 0 Å². The summed E-state index contributed by atoms with van der Waals surface area (Å²) in [6.07, 6.45) is 0.138. The van der Waals surface area contributed by atoms with E-state index in [4.69, 9.17) is 0 Å². The molecule has 1 aromatic rings. The van der Waals surface area contributed by atoms with Gasteiger partial charge in [-0.1, -0.05) is 19.1 Å². The quantitative estimate of drug-likeness (QED) is 0.864. The lowest BCUT2D eigenvalue weighted by atomic mass is 10.1. The van der Waals surface area contributed by atoms with Gasteiger partial charge in [0.25, 0.3) is 0 Å². The molecule has 0 heterocycles. The van der Waals surface area contributed by atoms with Gasteiger partial charge in [-0.3, -0.25) is 0 Å². The van der Waals surface area contributed by atoms with Crippen molar-refractivity contribution in [3.05, 3.63) is 35.6 Å². The maximum atomic E-state index is 12.7. The Labute approximate surface area is 101 Å². The highest BCUT2D eigenvalue weighted by Crippen LogP contribution is 2.16. The predicted molar refractivity (Wildman–Crippen MR) is 63.5 cm³/mol. The number of sulfonamides is 1. The van der Waals surface area contributed by atoms with Crippen LogP contribution in [0.3, 0.4) is 0 Å². The highest BCUT2D eigenvalue weighted by Gasteiger charge is 2.19. The van der Waals surface area contributed by atoms with Crippen molar-refractivity contribution in [1.82, 2.24) is 4.31 Å². The summed E-state index contributed by atoms with van der Waals surface area (Å²) >= 11 is 0. The minimum absolute atomic E-state index is 0.0268. The van der Waals surface area contributed by atoms with E-state index in [0.29, 0.717) is 5.56 Å². The van der Waals surface area contributed by atoms with Crippen LogP contribution in [0.25, 0.3) is 0 Å². The van der Waals surface area contributed by atoms with Crippen LogP contribution in [0.4, 0.5) is 4.39 Å². The Kier molecular flexibility index (Phi) is 4.62. The second kappa shape index (κ2) is 5.57. The highest BCUT2D eigenvalue weighted by molar-refractivity contribution is 7.88. The lowest BCUT2D eigenvalue weighted by Gasteiger charge is -2.21. The summed E-state index contributed by atoms with van der Waals surface area (Å²) in [5.74, 6) is -0.392. The number of aliphatic hydroxyl groups excluding tert-OH is 1. The number of benzene rings is 1. The molecule has 0 saturated heterocycles. The molecule has 0 aliphatic heterocycles. The fourth-order valence-corrected chi connectivity index (χ4v) is 2.36. The van der Waals surface area contributed by atoms with E-state index in [1.165, 1.54) is 28.6 Å². The summed E-state index contributed by atoms with van der Waals surface area (Å²) in [4.78, 5) is 0. The molecule has 1 unspecified atom stereocenters. The molecule has 0 amide bonds. The number of nitrogens with zero attached hydrogens (tertiary/aromatic N) is 1. The van der Waals surface area contributed by atoms with E-state index in [9.17, 15) is 17.9 Å². The number of rotatable bonds is 5. The fraction of sp³-hybridized carbons (Fsp3) is 0.455. The van der Waals surface area contributed by atoms with E-state index in [1.54, 1.807) is 6.92 Å². The van der Waals surface area contributed by atoms with Crippen LogP contribution in [0, 0.1) is 5.82 Å². The third-order valence-electron chi connectivity index (χ3n) is 2.45. The van der Waals surface area contributed by atoms with Crippen LogP contribution in [-0.4, -0.2) is 37.2 Å². The number of halogens is 1. The molecule has 1 atom stereocenters. The summed E-state index contributed by atoms with van der Waals surface area (Å²) in [5, 5.41) is 9.85. The molecule has 6 heteroatoms. The molecule has 0 aromatic heterocycles. The van der Waals surface area contributed by atoms with Crippen LogP contribution in [0.5, 0.6) is 0 Å². The largest absolute Gasteiger partial charge is 0.387 e. The number of aliphatic hydroxyl groups is 1. The van der Waals surface area contributed by atoms with Crippen LogP contribution in [-0.2, 0) is 10.0 Å². The average molecular weight is 261 g/mol. The normalized spacial score (nSPS) is 13.9. The maximum Gasteiger partial charge on any atom is 0.211 e. The predicted octanol–water partition coefficient (Wildman–Crippen LogP) is 1.14.